The van der Waals surface area contributed by atoms with Crippen molar-refractivity contribution in [2.45, 2.75) is 40.4 Å². The zero-order valence-corrected chi connectivity index (χ0v) is 22.5. The van der Waals surface area contributed by atoms with Crippen LogP contribution in [0.5, 0.6) is 5.75 Å². The Morgan fingerprint density at radius 1 is 0.949 bits per heavy atom. The topological polar surface area (TPSA) is 75.4 Å². The SMILES string of the molecule is Cc1nn(-c2ccccc2)c2sc(C(=O)OC(C)C(=O)c3cc(C)n(-c4ccc(OC(F)F)cc4)c3C)cc12. The monoisotopic (exact) mass is 549 g/mol. The van der Waals surface area contributed by atoms with E-state index in [1.54, 1.807) is 42.8 Å². The van der Waals surface area contributed by atoms with Gasteiger partial charge >= 0.3 is 12.6 Å². The number of aryl methyl sites for hydroxylation is 2. The van der Waals surface area contributed by atoms with Gasteiger partial charge in [0.1, 0.15) is 15.5 Å². The van der Waals surface area contributed by atoms with Crippen molar-refractivity contribution in [2.75, 3.05) is 0 Å². The van der Waals surface area contributed by atoms with Crippen LogP contribution in [0.15, 0.2) is 66.7 Å². The molecule has 2 aromatic carbocycles. The van der Waals surface area contributed by atoms with E-state index >= 15 is 0 Å². The average molecular weight is 550 g/mol. The second-order valence-corrected chi connectivity index (χ2v) is 10.1. The number of alkyl halides is 2. The van der Waals surface area contributed by atoms with E-state index in [2.05, 4.69) is 9.84 Å². The highest BCUT2D eigenvalue weighted by atomic mass is 32.1. The third kappa shape index (κ3) is 5.07. The lowest BCUT2D eigenvalue weighted by atomic mass is 10.1. The smallest absolute Gasteiger partial charge is 0.387 e. The number of Topliss-reactive ketones (excluding diaryl/α,β-unsaturated/α-hetero) is 1. The molecule has 200 valence electrons. The summed E-state index contributed by atoms with van der Waals surface area (Å²) in [6.07, 6.45) is -1.02. The van der Waals surface area contributed by atoms with Crippen LogP contribution < -0.4 is 4.74 Å². The van der Waals surface area contributed by atoms with E-state index in [-0.39, 0.29) is 11.5 Å². The van der Waals surface area contributed by atoms with Gasteiger partial charge in [0.25, 0.3) is 0 Å². The minimum absolute atomic E-state index is 0.0426. The summed E-state index contributed by atoms with van der Waals surface area (Å²) in [5.74, 6) is -0.881. The maximum Gasteiger partial charge on any atom is 0.387 e. The molecular formula is C29H25F2N3O4S. The second-order valence-electron chi connectivity index (χ2n) is 9.07. The Labute approximate surface area is 227 Å². The molecule has 0 amide bonds. The van der Waals surface area contributed by atoms with Crippen LogP contribution >= 0.6 is 11.3 Å². The van der Waals surface area contributed by atoms with E-state index in [1.165, 1.54) is 23.5 Å². The first kappa shape index (κ1) is 26.3. The minimum atomic E-state index is -2.91. The van der Waals surface area contributed by atoms with E-state index in [0.29, 0.717) is 21.8 Å². The minimum Gasteiger partial charge on any atom is -0.450 e. The Hall–Kier alpha value is -4.31. The first-order chi connectivity index (χ1) is 18.6. The van der Waals surface area contributed by atoms with Crippen molar-refractivity contribution >= 4 is 33.3 Å². The number of esters is 1. The van der Waals surface area contributed by atoms with Gasteiger partial charge in [0.15, 0.2) is 6.10 Å². The summed E-state index contributed by atoms with van der Waals surface area (Å²) in [4.78, 5) is 27.6. The van der Waals surface area contributed by atoms with Crippen LogP contribution in [0.2, 0.25) is 0 Å². The number of carbonyl (C=O) groups excluding carboxylic acids is 2. The largest absolute Gasteiger partial charge is 0.450 e. The summed E-state index contributed by atoms with van der Waals surface area (Å²) >= 11 is 1.26. The number of aromatic nitrogens is 3. The number of ketones is 1. The van der Waals surface area contributed by atoms with Crippen molar-refractivity contribution in [3.05, 3.63) is 94.3 Å². The van der Waals surface area contributed by atoms with Gasteiger partial charge in [0.05, 0.1) is 11.4 Å². The van der Waals surface area contributed by atoms with Crippen molar-refractivity contribution in [1.82, 2.24) is 14.3 Å². The molecule has 0 aliphatic rings. The number of rotatable bonds is 8. The standard InChI is InChI=1S/C29H25F2N3O4S/c1-16-14-24(18(3)33(16)20-10-12-22(13-11-20)38-29(30)31)26(35)19(4)37-28(36)25-15-23-17(2)32-34(27(23)39-25)21-8-6-5-7-9-21/h5-15,19,29H,1-4H3. The lowest BCUT2D eigenvalue weighted by Gasteiger charge is -2.13. The molecule has 7 nitrogen and oxygen atoms in total. The van der Waals surface area contributed by atoms with E-state index < -0.39 is 18.7 Å². The van der Waals surface area contributed by atoms with Gasteiger partial charge in [-0.2, -0.15) is 13.9 Å². The van der Waals surface area contributed by atoms with Crippen LogP contribution in [0.1, 0.15) is 44.0 Å². The Morgan fingerprint density at radius 3 is 2.31 bits per heavy atom. The summed E-state index contributed by atoms with van der Waals surface area (Å²) < 4.78 is 38.6. The molecule has 0 saturated heterocycles. The van der Waals surface area contributed by atoms with E-state index in [9.17, 15) is 18.4 Å². The van der Waals surface area contributed by atoms with Crippen LogP contribution in [0.25, 0.3) is 21.6 Å². The van der Waals surface area contributed by atoms with E-state index in [0.717, 1.165) is 27.3 Å². The number of hydrogen-bond acceptors (Lipinski definition) is 6. The van der Waals surface area contributed by atoms with Crippen LogP contribution in [-0.2, 0) is 4.74 Å². The first-order valence-electron chi connectivity index (χ1n) is 12.2. The third-order valence-corrected chi connectivity index (χ3v) is 7.51. The van der Waals surface area contributed by atoms with Crippen molar-refractivity contribution in [2.24, 2.45) is 0 Å². The number of carbonyl (C=O) groups is 2. The lowest BCUT2D eigenvalue weighted by molar-refractivity contribution is -0.0498. The van der Waals surface area contributed by atoms with E-state index in [4.69, 9.17) is 4.74 Å². The fourth-order valence-corrected chi connectivity index (χ4v) is 5.64. The van der Waals surface area contributed by atoms with Gasteiger partial charge < -0.3 is 14.0 Å². The number of para-hydroxylation sites is 1. The van der Waals surface area contributed by atoms with Gasteiger partial charge in [-0.25, -0.2) is 9.48 Å². The highest BCUT2D eigenvalue weighted by Crippen LogP contribution is 2.31. The number of hydrogen-bond donors (Lipinski definition) is 0. The molecule has 3 aromatic heterocycles. The predicted octanol–water partition coefficient (Wildman–Crippen LogP) is 6.83. The summed E-state index contributed by atoms with van der Waals surface area (Å²) in [6.45, 7) is 4.13. The molecule has 0 bridgehead atoms. The van der Waals surface area contributed by atoms with E-state index in [1.807, 2.05) is 48.7 Å². The Bertz CT molecular complexity index is 1670. The van der Waals surface area contributed by atoms with Crippen molar-refractivity contribution < 1.29 is 27.8 Å². The number of ether oxygens (including phenoxy) is 2. The molecular weight excluding hydrogens is 524 g/mol. The van der Waals surface area contributed by atoms with Crippen molar-refractivity contribution in [3.63, 3.8) is 0 Å². The summed E-state index contributed by atoms with van der Waals surface area (Å²) in [5.41, 5.74) is 4.17. The summed E-state index contributed by atoms with van der Waals surface area (Å²) in [7, 11) is 0. The van der Waals surface area contributed by atoms with Crippen LogP contribution in [0, 0.1) is 20.8 Å². The fourth-order valence-electron chi connectivity index (χ4n) is 4.57. The molecule has 39 heavy (non-hydrogen) atoms. The lowest BCUT2D eigenvalue weighted by Crippen LogP contribution is -2.24. The summed E-state index contributed by atoms with van der Waals surface area (Å²) in [5, 5.41) is 5.44. The van der Waals surface area contributed by atoms with Gasteiger partial charge in [0.2, 0.25) is 5.78 Å². The number of thiophene rings is 1. The Balaban J connectivity index is 1.35. The van der Waals surface area contributed by atoms with Crippen molar-refractivity contribution in [3.8, 4) is 17.1 Å². The molecule has 0 aliphatic carbocycles. The average Bonchev–Trinajstić information content (AvgIpc) is 3.57. The molecule has 0 aliphatic heterocycles. The predicted molar refractivity (Wildman–Crippen MR) is 145 cm³/mol. The van der Waals surface area contributed by atoms with Gasteiger partial charge in [-0.15, -0.1) is 11.3 Å². The molecule has 0 fully saturated rings. The van der Waals surface area contributed by atoms with Crippen LogP contribution in [-0.4, -0.2) is 38.8 Å². The molecule has 5 aromatic rings. The second kappa shape index (κ2) is 10.5. The highest BCUT2D eigenvalue weighted by molar-refractivity contribution is 7.20. The maximum absolute atomic E-state index is 13.3. The van der Waals surface area contributed by atoms with Crippen molar-refractivity contribution in [1.29, 1.82) is 0 Å². The summed E-state index contributed by atoms with van der Waals surface area (Å²) in [6, 6.07) is 19.3. The number of fused-ring (bicyclic) bond motifs is 1. The normalized spacial score (nSPS) is 12.2. The quantitative estimate of drug-likeness (QED) is 0.157. The maximum atomic E-state index is 13.3. The molecule has 1 atom stereocenters. The van der Waals surface area contributed by atoms with Gasteiger partial charge in [-0.05, 0) is 76.2 Å². The van der Waals surface area contributed by atoms with Gasteiger partial charge in [0, 0.05) is 28.0 Å². The number of nitrogens with zero attached hydrogens (tertiary/aromatic N) is 3. The Morgan fingerprint density at radius 2 is 1.64 bits per heavy atom. The number of halogens is 2. The highest BCUT2D eigenvalue weighted by Gasteiger charge is 2.26. The third-order valence-electron chi connectivity index (χ3n) is 6.42. The van der Waals surface area contributed by atoms with Crippen LogP contribution in [0.3, 0.4) is 0 Å². The van der Waals surface area contributed by atoms with Gasteiger partial charge in [-0.3, -0.25) is 4.79 Å². The molecule has 10 heteroatoms. The number of benzene rings is 2. The first-order valence-corrected chi connectivity index (χ1v) is 13.0. The Kier molecular flexibility index (Phi) is 7.05. The molecule has 0 saturated carbocycles. The molecule has 3 heterocycles. The van der Waals surface area contributed by atoms with Crippen LogP contribution in [0.4, 0.5) is 8.78 Å². The molecule has 1 unspecified atom stereocenters. The molecule has 5 rings (SSSR count). The van der Waals surface area contributed by atoms with Gasteiger partial charge in [-0.1, -0.05) is 18.2 Å². The molecule has 0 radical (unpaired) electrons. The molecule has 0 N–H and O–H groups in total. The fraction of sp³-hybridized carbons (Fsp3) is 0.207. The zero-order valence-electron chi connectivity index (χ0n) is 21.6. The molecule has 0 spiro atoms. The zero-order chi connectivity index (χ0) is 27.8.